The molecular weight excluding hydrogens is 314 g/mol. The summed E-state index contributed by atoms with van der Waals surface area (Å²) in [5.74, 6) is -0.225. The van der Waals surface area contributed by atoms with Crippen molar-refractivity contribution >= 4 is 15.9 Å². The van der Waals surface area contributed by atoms with E-state index in [0.29, 0.717) is 11.1 Å². The normalized spacial score (nSPS) is 18.9. The van der Waals surface area contributed by atoms with Crippen molar-refractivity contribution in [1.29, 1.82) is 0 Å². The SMILES string of the molecule is Cc1cc(C(=O)N[C@H]2CCCNC2)cc(S(=O)(=O)N(C)C)c1C. The molecule has 23 heavy (non-hydrogen) atoms. The molecule has 1 amide bonds. The molecule has 0 spiro atoms. The highest BCUT2D eigenvalue weighted by Gasteiger charge is 2.24. The van der Waals surface area contributed by atoms with E-state index in [-0.39, 0.29) is 16.8 Å². The first-order valence-electron chi connectivity index (χ1n) is 7.79. The number of aryl methyl sites for hydroxylation is 1. The highest BCUT2D eigenvalue weighted by atomic mass is 32.2. The zero-order valence-corrected chi connectivity index (χ0v) is 15.0. The Bertz CT molecular complexity index is 693. The zero-order chi connectivity index (χ0) is 17.2. The summed E-state index contributed by atoms with van der Waals surface area (Å²) in [5.41, 5.74) is 1.86. The van der Waals surface area contributed by atoms with E-state index >= 15 is 0 Å². The maximum Gasteiger partial charge on any atom is 0.251 e. The lowest BCUT2D eigenvalue weighted by Crippen LogP contribution is -2.45. The molecule has 0 bridgehead atoms. The topological polar surface area (TPSA) is 78.5 Å². The summed E-state index contributed by atoms with van der Waals surface area (Å²) in [6.07, 6.45) is 1.96. The second kappa shape index (κ2) is 6.98. The van der Waals surface area contributed by atoms with Crippen LogP contribution in [0.25, 0.3) is 0 Å². The lowest BCUT2D eigenvalue weighted by atomic mass is 10.0. The van der Waals surface area contributed by atoms with Gasteiger partial charge in [-0.15, -0.1) is 0 Å². The molecule has 2 rings (SSSR count). The van der Waals surface area contributed by atoms with Crippen molar-refractivity contribution in [1.82, 2.24) is 14.9 Å². The van der Waals surface area contributed by atoms with Gasteiger partial charge in [-0.2, -0.15) is 0 Å². The summed E-state index contributed by atoms with van der Waals surface area (Å²) in [4.78, 5) is 12.7. The van der Waals surface area contributed by atoms with Gasteiger partial charge >= 0.3 is 0 Å². The van der Waals surface area contributed by atoms with Crippen molar-refractivity contribution in [3.63, 3.8) is 0 Å². The molecule has 7 heteroatoms. The summed E-state index contributed by atoms with van der Waals surface area (Å²) >= 11 is 0. The van der Waals surface area contributed by atoms with Crippen LogP contribution in [0, 0.1) is 13.8 Å². The number of amides is 1. The predicted octanol–water partition coefficient (Wildman–Crippen LogP) is 1.04. The Labute approximate surface area is 138 Å². The van der Waals surface area contributed by atoms with E-state index in [4.69, 9.17) is 0 Å². The summed E-state index contributed by atoms with van der Waals surface area (Å²) in [6.45, 7) is 5.31. The Balaban J connectivity index is 2.33. The number of benzene rings is 1. The number of nitrogens with zero attached hydrogens (tertiary/aromatic N) is 1. The minimum Gasteiger partial charge on any atom is -0.348 e. The molecule has 1 heterocycles. The van der Waals surface area contributed by atoms with Gasteiger partial charge in [0.25, 0.3) is 5.91 Å². The first-order valence-corrected chi connectivity index (χ1v) is 9.23. The Morgan fingerprint density at radius 3 is 2.57 bits per heavy atom. The van der Waals surface area contributed by atoms with Gasteiger partial charge in [-0.1, -0.05) is 0 Å². The summed E-state index contributed by atoms with van der Waals surface area (Å²) in [7, 11) is -0.597. The van der Waals surface area contributed by atoms with E-state index < -0.39 is 10.0 Å². The van der Waals surface area contributed by atoms with E-state index in [1.807, 2.05) is 6.92 Å². The summed E-state index contributed by atoms with van der Waals surface area (Å²) in [5, 5.41) is 6.23. The smallest absolute Gasteiger partial charge is 0.251 e. The second-order valence-electron chi connectivity index (χ2n) is 6.22. The molecule has 1 aromatic carbocycles. The van der Waals surface area contributed by atoms with Gasteiger partial charge in [0.15, 0.2) is 0 Å². The Morgan fingerprint density at radius 1 is 1.30 bits per heavy atom. The number of hydrogen-bond acceptors (Lipinski definition) is 4. The van der Waals surface area contributed by atoms with Gasteiger partial charge in [0.1, 0.15) is 0 Å². The van der Waals surface area contributed by atoms with Crippen molar-refractivity contribution in [3.05, 3.63) is 28.8 Å². The van der Waals surface area contributed by atoms with Gasteiger partial charge < -0.3 is 10.6 Å². The van der Waals surface area contributed by atoms with E-state index in [1.54, 1.807) is 13.0 Å². The molecule has 0 aliphatic carbocycles. The van der Waals surface area contributed by atoms with Crippen LogP contribution in [-0.2, 0) is 10.0 Å². The van der Waals surface area contributed by atoms with Crippen molar-refractivity contribution in [2.45, 2.75) is 37.6 Å². The number of carbonyl (C=O) groups excluding carboxylic acids is 1. The number of hydrogen-bond donors (Lipinski definition) is 2. The monoisotopic (exact) mass is 339 g/mol. The third-order valence-electron chi connectivity index (χ3n) is 4.27. The van der Waals surface area contributed by atoms with Crippen molar-refractivity contribution < 1.29 is 13.2 Å². The summed E-state index contributed by atoms with van der Waals surface area (Å²) < 4.78 is 26.1. The lowest BCUT2D eigenvalue weighted by molar-refractivity contribution is 0.0930. The van der Waals surface area contributed by atoms with Crippen LogP contribution in [0.15, 0.2) is 17.0 Å². The quantitative estimate of drug-likeness (QED) is 0.859. The molecule has 1 aliphatic heterocycles. The average Bonchev–Trinajstić information content (AvgIpc) is 2.50. The molecule has 1 saturated heterocycles. The Kier molecular flexibility index (Phi) is 5.44. The zero-order valence-electron chi connectivity index (χ0n) is 14.1. The molecular formula is C16H25N3O3S. The minimum absolute atomic E-state index is 0.0896. The highest BCUT2D eigenvalue weighted by molar-refractivity contribution is 7.89. The minimum atomic E-state index is -3.58. The molecule has 1 fully saturated rings. The number of nitrogens with one attached hydrogen (secondary N) is 2. The van der Waals surface area contributed by atoms with Crippen LogP contribution in [0.1, 0.15) is 34.3 Å². The number of sulfonamides is 1. The van der Waals surface area contributed by atoms with E-state index in [9.17, 15) is 13.2 Å². The van der Waals surface area contributed by atoms with Gasteiger partial charge in [-0.05, 0) is 56.5 Å². The lowest BCUT2D eigenvalue weighted by Gasteiger charge is -2.24. The van der Waals surface area contributed by atoms with Crippen LogP contribution in [0.3, 0.4) is 0 Å². The fraction of sp³-hybridized carbons (Fsp3) is 0.562. The number of piperidine rings is 1. The summed E-state index contributed by atoms with van der Waals surface area (Å²) in [6, 6.07) is 3.31. The standard InChI is InChI=1S/C16H25N3O3S/c1-11-8-13(16(20)18-14-6-5-7-17-10-14)9-15(12(11)2)23(21,22)19(3)4/h8-9,14,17H,5-7,10H2,1-4H3,(H,18,20)/t14-/m0/s1. The highest BCUT2D eigenvalue weighted by Crippen LogP contribution is 2.23. The second-order valence-corrected chi connectivity index (χ2v) is 8.34. The van der Waals surface area contributed by atoms with Gasteiger partial charge in [-0.3, -0.25) is 4.79 Å². The molecule has 6 nitrogen and oxygen atoms in total. The maximum absolute atomic E-state index is 12.5. The molecule has 128 valence electrons. The van der Waals surface area contributed by atoms with Crippen molar-refractivity contribution in [2.75, 3.05) is 27.2 Å². The molecule has 0 unspecified atom stereocenters. The van der Waals surface area contributed by atoms with E-state index in [0.717, 1.165) is 31.5 Å². The average molecular weight is 339 g/mol. The molecule has 1 aliphatic rings. The van der Waals surface area contributed by atoms with Gasteiger partial charge in [0.05, 0.1) is 4.90 Å². The van der Waals surface area contributed by atoms with Crippen LogP contribution in [-0.4, -0.2) is 51.9 Å². The van der Waals surface area contributed by atoms with Gasteiger partial charge in [-0.25, -0.2) is 12.7 Å². The fourth-order valence-electron chi connectivity index (χ4n) is 2.67. The number of carbonyl (C=O) groups is 1. The Hall–Kier alpha value is -1.44. The predicted molar refractivity (Wildman–Crippen MR) is 90.1 cm³/mol. The molecule has 0 aromatic heterocycles. The fourth-order valence-corrected chi connectivity index (χ4v) is 3.88. The van der Waals surface area contributed by atoms with E-state index in [1.165, 1.54) is 24.5 Å². The maximum atomic E-state index is 12.5. The number of rotatable bonds is 4. The molecule has 0 radical (unpaired) electrons. The van der Waals surface area contributed by atoms with Gasteiger partial charge in [0.2, 0.25) is 10.0 Å². The van der Waals surface area contributed by atoms with Crippen LogP contribution >= 0.6 is 0 Å². The molecule has 1 aromatic rings. The molecule has 2 N–H and O–H groups in total. The first-order chi connectivity index (χ1) is 10.7. The van der Waals surface area contributed by atoms with E-state index in [2.05, 4.69) is 10.6 Å². The third-order valence-corrected chi connectivity index (χ3v) is 6.21. The third kappa shape index (κ3) is 3.91. The Morgan fingerprint density at radius 2 is 2.00 bits per heavy atom. The van der Waals surface area contributed by atoms with Crippen LogP contribution in [0.2, 0.25) is 0 Å². The molecule has 1 atom stereocenters. The first kappa shape index (κ1) is 17.9. The van der Waals surface area contributed by atoms with Crippen molar-refractivity contribution in [2.24, 2.45) is 0 Å². The van der Waals surface area contributed by atoms with Crippen molar-refractivity contribution in [3.8, 4) is 0 Å². The van der Waals surface area contributed by atoms with Crippen LogP contribution < -0.4 is 10.6 Å². The van der Waals surface area contributed by atoms with Gasteiger partial charge in [0, 0.05) is 32.2 Å². The van der Waals surface area contributed by atoms with Crippen LogP contribution in [0.4, 0.5) is 0 Å². The molecule has 0 saturated carbocycles. The largest absolute Gasteiger partial charge is 0.348 e. The van der Waals surface area contributed by atoms with Crippen LogP contribution in [0.5, 0.6) is 0 Å².